The van der Waals surface area contributed by atoms with E-state index in [-0.39, 0.29) is 0 Å². The van der Waals surface area contributed by atoms with E-state index in [9.17, 15) is 0 Å². The number of imidazole rings is 1. The van der Waals surface area contributed by atoms with Crippen molar-refractivity contribution in [3.8, 4) is 11.5 Å². The Hall–Kier alpha value is -1.69. The fourth-order valence-electron chi connectivity index (χ4n) is 1.76. The van der Waals surface area contributed by atoms with Crippen LogP contribution in [0, 0.1) is 6.92 Å². The van der Waals surface area contributed by atoms with Gasteiger partial charge in [-0.1, -0.05) is 6.07 Å². The third-order valence-electron chi connectivity index (χ3n) is 2.65. The molecule has 3 aromatic heterocycles. The summed E-state index contributed by atoms with van der Waals surface area (Å²) in [5.74, 6) is 1.60. The van der Waals surface area contributed by atoms with Crippen LogP contribution in [0.4, 0.5) is 0 Å². The van der Waals surface area contributed by atoms with Gasteiger partial charge in [0.2, 0.25) is 5.78 Å². The number of hydrogen-bond donors (Lipinski definition) is 0. The van der Waals surface area contributed by atoms with Gasteiger partial charge in [0.1, 0.15) is 10.3 Å². The molecule has 0 aliphatic rings. The first-order valence-electron chi connectivity index (χ1n) is 5.17. The minimum Gasteiger partial charge on any atom is -0.295 e. The molecule has 0 aromatic carbocycles. The molecule has 86 valence electrons. The molecule has 5 nitrogen and oxygen atoms in total. The highest BCUT2D eigenvalue weighted by atomic mass is 79.9. The van der Waals surface area contributed by atoms with Crippen molar-refractivity contribution in [2.75, 3.05) is 0 Å². The quantitative estimate of drug-likeness (QED) is 0.691. The van der Waals surface area contributed by atoms with Crippen molar-refractivity contribution in [3.63, 3.8) is 0 Å². The van der Waals surface area contributed by atoms with Gasteiger partial charge in [0, 0.05) is 13.2 Å². The monoisotopic (exact) mass is 291 g/mol. The zero-order valence-electron chi connectivity index (χ0n) is 9.42. The van der Waals surface area contributed by atoms with E-state index in [1.54, 1.807) is 10.7 Å². The van der Waals surface area contributed by atoms with Crippen LogP contribution in [0.5, 0.6) is 0 Å². The summed E-state index contributed by atoms with van der Waals surface area (Å²) >= 11 is 3.48. The smallest absolute Gasteiger partial charge is 0.233 e. The second-order valence-electron chi connectivity index (χ2n) is 3.80. The van der Waals surface area contributed by atoms with Crippen LogP contribution in [0.15, 0.2) is 29.0 Å². The number of pyridine rings is 1. The summed E-state index contributed by atoms with van der Waals surface area (Å²) in [6, 6.07) is 5.76. The summed E-state index contributed by atoms with van der Waals surface area (Å²) in [5.41, 5.74) is 1.76. The molecule has 0 fully saturated rings. The molecule has 0 unspecified atom stereocenters. The standard InChI is InChI=1S/C11H10BrN5/c1-7-9(12)17-11(14-7)16(2)10(15-17)8-5-3-4-6-13-8/h3-6H,1-2H3. The number of hydrogen-bond acceptors (Lipinski definition) is 3. The normalized spacial score (nSPS) is 11.2. The molecule has 0 spiro atoms. The van der Waals surface area contributed by atoms with Crippen molar-refractivity contribution in [1.82, 2.24) is 24.1 Å². The highest BCUT2D eigenvalue weighted by Crippen LogP contribution is 2.22. The number of nitrogens with zero attached hydrogens (tertiary/aromatic N) is 5. The molecular weight excluding hydrogens is 282 g/mol. The molecule has 6 heteroatoms. The van der Waals surface area contributed by atoms with E-state index in [1.807, 2.05) is 36.7 Å². The maximum atomic E-state index is 4.51. The van der Waals surface area contributed by atoms with Crippen molar-refractivity contribution >= 4 is 21.7 Å². The number of aryl methyl sites for hydroxylation is 2. The first kappa shape index (κ1) is 10.5. The minimum absolute atomic E-state index is 0.800. The van der Waals surface area contributed by atoms with Gasteiger partial charge in [0.15, 0.2) is 5.82 Å². The number of halogens is 1. The molecule has 0 saturated carbocycles. The van der Waals surface area contributed by atoms with E-state index in [2.05, 4.69) is 31.0 Å². The average Bonchev–Trinajstić information content (AvgIpc) is 2.81. The molecule has 3 aromatic rings. The van der Waals surface area contributed by atoms with Crippen LogP contribution in [0.2, 0.25) is 0 Å². The molecule has 0 bridgehead atoms. The predicted molar refractivity (Wildman–Crippen MR) is 67.6 cm³/mol. The lowest BCUT2D eigenvalue weighted by Crippen LogP contribution is -1.95. The van der Waals surface area contributed by atoms with Crippen LogP contribution in [0.3, 0.4) is 0 Å². The lowest BCUT2D eigenvalue weighted by Gasteiger charge is -1.98. The van der Waals surface area contributed by atoms with E-state index < -0.39 is 0 Å². The van der Waals surface area contributed by atoms with Gasteiger partial charge < -0.3 is 0 Å². The van der Waals surface area contributed by atoms with Crippen LogP contribution in [-0.4, -0.2) is 24.1 Å². The molecule has 3 heterocycles. The lowest BCUT2D eigenvalue weighted by molar-refractivity contribution is 0.928. The molecule has 0 aliphatic carbocycles. The fraction of sp³-hybridized carbons (Fsp3) is 0.182. The molecule has 17 heavy (non-hydrogen) atoms. The molecule has 0 aliphatic heterocycles. The second-order valence-corrected chi connectivity index (χ2v) is 4.55. The summed E-state index contributed by atoms with van der Waals surface area (Å²) in [7, 11) is 1.94. The van der Waals surface area contributed by atoms with E-state index in [0.29, 0.717) is 0 Å². The van der Waals surface area contributed by atoms with Gasteiger partial charge in [-0.05, 0) is 35.0 Å². The first-order chi connectivity index (χ1) is 8.18. The van der Waals surface area contributed by atoms with E-state index >= 15 is 0 Å². The molecular formula is C11H10BrN5. The minimum atomic E-state index is 0.800. The van der Waals surface area contributed by atoms with Gasteiger partial charge in [-0.2, -0.15) is 4.52 Å². The maximum absolute atomic E-state index is 4.51. The van der Waals surface area contributed by atoms with Crippen molar-refractivity contribution < 1.29 is 0 Å². The molecule has 0 saturated heterocycles. The van der Waals surface area contributed by atoms with Crippen LogP contribution in [0.1, 0.15) is 5.69 Å². The van der Waals surface area contributed by atoms with Crippen molar-refractivity contribution in [2.45, 2.75) is 6.92 Å². The first-order valence-corrected chi connectivity index (χ1v) is 5.96. The third kappa shape index (κ3) is 1.48. The Bertz CT molecular complexity index is 683. The zero-order chi connectivity index (χ0) is 12.0. The van der Waals surface area contributed by atoms with Gasteiger partial charge in [-0.3, -0.25) is 9.55 Å². The Labute approximate surface area is 106 Å². The molecule has 0 N–H and O–H groups in total. The van der Waals surface area contributed by atoms with Gasteiger partial charge in [0.25, 0.3) is 0 Å². The highest BCUT2D eigenvalue weighted by Gasteiger charge is 2.15. The third-order valence-corrected chi connectivity index (χ3v) is 3.56. The van der Waals surface area contributed by atoms with Crippen LogP contribution in [0.25, 0.3) is 17.3 Å². The number of rotatable bonds is 1. The van der Waals surface area contributed by atoms with Crippen LogP contribution >= 0.6 is 15.9 Å². The van der Waals surface area contributed by atoms with Crippen molar-refractivity contribution in [2.24, 2.45) is 7.05 Å². The zero-order valence-corrected chi connectivity index (χ0v) is 11.0. The summed E-state index contributed by atoms with van der Waals surface area (Å²) in [6.07, 6.45) is 1.76. The Morgan fingerprint density at radius 2 is 2.12 bits per heavy atom. The lowest BCUT2D eigenvalue weighted by atomic mass is 10.3. The van der Waals surface area contributed by atoms with Crippen LogP contribution < -0.4 is 0 Å². The Morgan fingerprint density at radius 3 is 2.76 bits per heavy atom. The Kier molecular flexibility index (Phi) is 2.25. The fourth-order valence-corrected chi connectivity index (χ4v) is 2.09. The number of fused-ring (bicyclic) bond motifs is 1. The highest BCUT2D eigenvalue weighted by molar-refractivity contribution is 9.10. The predicted octanol–water partition coefficient (Wildman–Crippen LogP) is 2.20. The summed E-state index contributed by atoms with van der Waals surface area (Å²) < 4.78 is 4.59. The molecule has 3 rings (SSSR count). The van der Waals surface area contributed by atoms with Crippen molar-refractivity contribution in [3.05, 3.63) is 34.7 Å². The molecule has 0 amide bonds. The van der Waals surface area contributed by atoms with E-state index in [0.717, 1.165) is 27.6 Å². The van der Waals surface area contributed by atoms with E-state index in [4.69, 9.17) is 0 Å². The summed E-state index contributed by atoms with van der Waals surface area (Å²) in [4.78, 5) is 8.74. The largest absolute Gasteiger partial charge is 0.295 e. The second kappa shape index (κ2) is 3.66. The SMILES string of the molecule is Cc1nc2n(C)c(-c3ccccn3)nn2c1Br. The average molecular weight is 292 g/mol. The Morgan fingerprint density at radius 1 is 1.29 bits per heavy atom. The maximum Gasteiger partial charge on any atom is 0.233 e. The van der Waals surface area contributed by atoms with Gasteiger partial charge >= 0.3 is 0 Å². The van der Waals surface area contributed by atoms with Crippen molar-refractivity contribution in [1.29, 1.82) is 0 Å². The van der Waals surface area contributed by atoms with Gasteiger partial charge in [-0.25, -0.2) is 4.98 Å². The summed E-state index contributed by atoms with van der Waals surface area (Å²) in [5, 5.41) is 4.51. The van der Waals surface area contributed by atoms with E-state index in [1.165, 1.54) is 0 Å². The molecule has 0 radical (unpaired) electrons. The van der Waals surface area contributed by atoms with Gasteiger partial charge in [0.05, 0.1) is 5.69 Å². The van der Waals surface area contributed by atoms with Crippen LogP contribution in [-0.2, 0) is 7.05 Å². The van der Waals surface area contributed by atoms with Gasteiger partial charge in [-0.15, -0.1) is 5.10 Å². The Balaban J connectivity index is 2.29. The topological polar surface area (TPSA) is 48.0 Å². The molecule has 0 atom stereocenters. The number of aromatic nitrogens is 5. The summed E-state index contributed by atoms with van der Waals surface area (Å²) in [6.45, 7) is 1.94.